The molecule has 0 aliphatic rings. The van der Waals surface area contributed by atoms with Crippen LogP contribution in [0.25, 0.3) is 11.3 Å². The van der Waals surface area contributed by atoms with Crippen LogP contribution < -0.4 is 0 Å². The third kappa shape index (κ3) is 2.83. The van der Waals surface area contributed by atoms with E-state index in [0.29, 0.717) is 11.3 Å². The lowest BCUT2D eigenvalue weighted by Crippen LogP contribution is -2.07. The van der Waals surface area contributed by atoms with Gasteiger partial charge in [0.25, 0.3) is 0 Å². The summed E-state index contributed by atoms with van der Waals surface area (Å²) in [5.74, 6) is -1.04. The van der Waals surface area contributed by atoms with Crippen LogP contribution in [0.1, 0.15) is 20.7 Å². The minimum absolute atomic E-state index is 0.274. The van der Waals surface area contributed by atoms with E-state index < -0.39 is 11.9 Å². The highest BCUT2D eigenvalue weighted by Crippen LogP contribution is 2.21. The van der Waals surface area contributed by atoms with Gasteiger partial charge in [-0.1, -0.05) is 6.07 Å². The second kappa shape index (κ2) is 5.97. The Morgan fingerprint density at radius 3 is 2.00 bits per heavy atom. The molecule has 0 unspecified atom stereocenters. The normalized spacial score (nSPS) is 9.90. The third-order valence-corrected chi connectivity index (χ3v) is 2.74. The Morgan fingerprint density at radius 1 is 0.950 bits per heavy atom. The number of hydrogen-bond acceptors (Lipinski definition) is 5. The monoisotopic (exact) mass is 271 g/mol. The Kier molecular flexibility index (Phi) is 4.10. The van der Waals surface area contributed by atoms with Crippen LogP contribution in [0.15, 0.2) is 42.6 Å². The predicted molar refractivity (Wildman–Crippen MR) is 72.4 cm³/mol. The standard InChI is InChI=1S/C15H13NO4/c1-19-14(17)11-7-10(13-5-3-4-6-16-13)8-12(9-11)15(18)20-2/h3-9H,1-2H3. The molecule has 0 aliphatic heterocycles. The zero-order valence-corrected chi connectivity index (χ0v) is 11.1. The molecule has 0 radical (unpaired) electrons. The summed E-state index contributed by atoms with van der Waals surface area (Å²) in [6.07, 6.45) is 1.64. The van der Waals surface area contributed by atoms with Gasteiger partial charge in [0.05, 0.1) is 31.0 Å². The number of carbonyl (C=O) groups is 2. The van der Waals surface area contributed by atoms with Gasteiger partial charge < -0.3 is 9.47 Å². The predicted octanol–water partition coefficient (Wildman–Crippen LogP) is 2.32. The number of carbonyl (C=O) groups excluding carboxylic acids is 2. The van der Waals surface area contributed by atoms with Crippen molar-refractivity contribution >= 4 is 11.9 Å². The van der Waals surface area contributed by atoms with Crippen LogP contribution in [0.3, 0.4) is 0 Å². The van der Waals surface area contributed by atoms with E-state index in [4.69, 9.17) is 0 Å². The molecule has 0 atom stereocenters. The molecule has 0 fully saturated rings. The number of ether oxygens (including phenoxy) is 2. The minimum Gasteiger partial charge on any atom is -0.465 e. The molecular weight excluding hydrogens is 258 g/mol. The van der Waals surface area contributed by atoms with Crippen LogP contribution in [-0.4, -0.2) is 31.1 Å². The Morgan fingerprint density at radius 2 is 1.55 bits per heavy atom. The Labute approximate surface area is 116 Å². The van der Waals surface area contributed by atoms with Crippen molar-refractivity contribution in [2.45, 2.75) is 0 Å². The van der Waals surface area contributed by atoms with Crippen molar-refractivity contribution in [2.75, 3.05) is 14.2 Å². The zero-order valence-electron chi connectivity index (χ0n) is 11.1. The minimum atomic E-state index is -0.520. The largest absolute Gasteiger partial charge is 0.465 e. The van der Waals surface area contributed by atoms with Crippen molar-refractivity contribution in [3.05, 3.63) is 53.7 Å². The summed E-state index contributed by atoms with van der Waals surface area (Å²) >= 11 is 0. The molecule has 102 valence electrons. The average Bonchev–Trinajstić information content (AvgIpc) is 2.53. The second-order valence-corrected chi connectivity index (χ2v) is 4.00. The third-order valence-electron chi connectivity index (χ3n) is 2.74. The molecule has 0 saturated heterocycles. The lowest BCUT2D eigenvalue weighted by molar-refractivity contribution is 0.0599. The first kappa shape index (κ1) is 13.7. The second-order valence-electron chi connectivity index (χ2n) is 4.00. The van der Waals surface area contributed by atoms with Gasteiger partial charge in [-0.15, -0.1) is 0 Å². The van der Waals surface area contributed by atoms with E-state index in [1.807, 2.05) is 6.07 Å². The first-order valence-corrected chi connectivity index (χ1v) is 5.89. The molecule has 1 aromatic carbocycles. The van der Waals surface area contributed by atoms with E-state index in [9.17, 15) is 9.59 Å². The summed E-state index contributed by atoms with van der Waals surface area (Å²) in [7, 11) is 2.57. The van der Waals surface area contributed by atoms with Gasteiger partial charge in [0, 0.05) is 11.8 Å². The molecule has 1 aromatic heterocycles. The van der Waals surface area contributed by atoms with Crippen LogP contribution in [0.5, 0.6) is 0 Å². The fraction of sp³-hybridized carbons (Fsp3) is 0.133. The number of hydrogen-bond donors (Lipinski definition) is 0. The molecule has 20 heavy (non-hydrogen) atoms. The maximum Gasteiger partial charge on any atom is 0.337 e. The SMILES string of the molecule is COC(=O)c1cc(C(=O)OC)cc(-c2ccccn2)c1. The van der Waals surface area contributed by atoms with Gasteiger partial charge in [-0.05, 0) is 30.3 Å². The Bertz CT molecular complexity index is 603. The van der Waals surface area contributed by atoms with E-state index >= 15 is 0 Å². The lowest BCUT2D eigenvalue weighted by atomic mass is 10.0. The van der Waals surface area contributed by atoms with Crippen LogP contribution in [-0.2, 0) is 9.47 Å². The maximum atomic E-state index is 11.7. The van der Waals surface area contributed by atoms with Crippen molar-refractivity contribution in [1.82, 2.24) is 4.98 Å². The van der Waals surface area contributed by atoms with E-state index in [0.717, 1.165) is 0 Å². The molecule has 0 spiro atoms. The van der Waals surface area contributed by atoms with Gasteiger partial charge in [0.15, 0.2) is 0 Å². The number of nitrogens with zero attached hydrogens (tertiary/aromatic N) is 1. The topological polar surface area (TPSA) is 65.5 Å². The van der Waals surface area contributed by atoms with Crippen LogP contribution in [0.2, 0.25) is 0 Å². The average molecular weight is 271 g/mol. The summed E-state index contributed by atoms with van der Waals surface area (Å²) in [6.45, 7) is 0. The smallest absolute Gasteiger partial charge is 0.337 e. The van der Waals surface area contributed by atoms with Gasteiger partial charge >= 0.3 is 11.9 Å². The summed E-state index contributed by atoms with van der Waals surface area (Å²) in [5, 5.41) is 0. The summed E-state index contributed by atoms with van der Waals surface area (Å²) in [4.78, 5) is 27.5. The maximum absolute atomic E-state index is 11.7. The van der Waals surface area contributed by atoms with Gasteiger partial charge in [0.2, 0.25) is 0 Å². The summed E-state index contributed by atoms with van der Waals surface area (Å²) in [6, 6.07) is 10.1. The number of benzene rings is 1. The van der Waals surface area contributed by atoms with E-state index in [1.54, 1.807) is 30.5 Å². The molecule has 0 aliphatic carbocycles. The van der Waals surface area contributed by atoms with Crippen molar-refractivity contribution in [2.24, 2.45) is 0 Å². The fourth-order valence-electron chi connectivity index (χ4n) is 1.78. The highest BCUT2D eigenvalue weighted by molar-refractivity contribution is 5.97. The molecule has 0 amide bonds. The lowest BCUT2D eigenvalue weighted by Gasteiger charge is -2.07. The molecule has 1 heterocycles. The quantitative estimate of drug-likeness (QED) is 0.801. The summed E-state index contributed by atoms with van der Waals surface area (Å²) < 4.78 is 9.37. The molecule has 0 saturated carbocycles. The molecule has 0 bridgehead atoms. The van der Waals surface area contributed by atoms with Crippen molar-refractivity contribution in [3.8, 4) is 11.3 Å². The number of pyridine rings is 1. The van der Waals surface area contributed by atoms with Crippen molar-refractivity contribution < 1.29 is 19.1 Å². The molecular formula is C15H13NO4. The molecule has 5 heteroatoms. The van der Waals surface area contributed by atoms with E-state index in [-0.39, 0.29) is 11.1 Å². The molecule has 5 nitrogen and oxygen atoms in total. The van der Waals surface area contributed by atoms with Crippen molar-refractivity contribution in [3.63, 3.8) is 0 Å². The number of methoxy groups -OCH3 is 2. The zero-order chi connectivity index (χ0) is 14.5. The number of rotatable bonds is 3. The number of esters is 2. The molecule has 2 rings (SSSR count). The first-order chi connectivity index (χ1) is 9.65. The van der Waals surface area contributed by atoms with Gasteiger partial charge in [-0.2, -0.15) is 0 Å². The van der Waals surface area contributed by atoms with Crippen LogP contribution >= 0.6 is 0 Å². The first-order valence-electron chi connectivity index (χ1n) is 5.89. The van der Waals surface area contributed by atoms with Gasteiger partial charge in [-0.3, -0.25) is 4.98 Å². The highest BCUT2D eigenvalue weighted by atomic mass is 16.5. The summed E-state index contributed by atoms with van der Waals surface area (Å²) in [5.41, 5.74) is 1.85. The van der Waals surface area contributed by atoms with Crippen LogP contribution in [0, 0.1) is 0 Å². The van der Waals surface area contributed by atoms with Crippen LogP contribution in [0.4, 0.5) is 0 Å². The number of aromatic nitrogens is 1. The highest BCUT2D eigenvalue weighted by Gasteiger charge is 2.14. The van der Waals surface area contributed by atoms with E-state index in [1.165, 1.54) is 20.3 Å². The molecule has 0 N–H and O–H groups in total. The Hall–Kier alpha value is -2.69. The Balaban J connectivity index is 2.57. The molecule has 2 aromatic rings. The van der Waals surface area contributed by atoms with Crippen molar-refractivity contribution in [1.29, 1.82) is 0 Å². The van der Waals surface area contributed by atoms with Gasteiger partial charge in [0.1, 0.15) is 0 Å². The van der Waals surface area contributed by atoms with Gasteiger partial charge in [-0.25, -0.2) is 9.59 Å². The van der Waals surface area contributed by atoms with E-state index in [2.05, 4.69) is 14.5 Å². The fourth-order valence-corrected chi connectivity index (χ4v) is 1.78.